The van der Waals surface area contributed by atoms with Gasteiger partial charge in [0.05, 0.1) is 0 Å². The molecule has 0 amide bonds. The lowest BCUT2D eigenvalue weighted by Gasteiger charge is -2.20. The second-order valence-corrected chi connectivity index (χ2v) is 9.17. The molecule has 128 valence electrons. The third-order valence-corrected chi connectivity index (χ3v) is 7.07. The molecule has 0 spiro atoms. The fraction of sp³-hybridized carbons (Fsp3) is 0.167. The van der Waals surface area contributed by atoms with Crippen LogP contribution in [0.5, 0.6) is 0 Å². The highest BCUT2D eigenvalue weighted by Crippen LogP contribution is 2.48. The van der Waals surface area contributed by atoms with Gasteiger partial charge in [0.25, 0.3) is 0 Å². The Morgan fingerprint density at radius 2 is 0.846 bits per heavy atom. The lowest BCUT2D eigenvalue weighted by atomic mass is 9.85. The molecule has 0 atom stereocenters. The molecule has 0 heterocycles. The van der Waals surface area contributed by atoms with Crippen molar-refractivity contribution in [2.24, 2.45) is 0 Å². The third kappa shape index (κ3) is 1.95. The van der Waals surface area contributed by atoms with Crippen molar-refractivity contribution in [2.75, 3.05) is 0 Å². The molecule has 0 unspecified atom stereocenters. The summed E-state index contributed by atoms with van der Waals surface area (Å²) in [5, 5.41) is 10.8. The molecule has 0 radical (unpaired) electrons. The molecule has 0 saturated heterocycles. The van der Waals surface area contributed by atoms with Crippen molar-refractivity contribution in [1.29, 1.82) is 0 Å². The van der Waals surface area contributed by atoms with E-state index < -0.39 is 0 Å². The topological polar surface area (TPSA) is 0 Å². The first kappa shape index (κ1) is 16.5. The van der Waals surface area contributed by atoms with E-state index in [-0.39, 0.29) is 0 Å². The first-order valence-corrected chi connectivity index (χ1v) is 10.4. The van der Waals surface area contributed by atoms with Gasteiger partial charge in [0.1, 0.15) is 0 Å². The summed E-state index contributed by atoms with van der Waals surface area (Å²) in [6, 6.07) is 13.7. The summed E-state index contributed by atoms with van der Waals surface area (Å²) in [5.74, 6) is 0. The van der Waals surface area contributed by atoms with Gasteiger partial charge in [-0.25, -0.2) is 0 Å². The number of aryl methyl sites for hydroxylation is 4. The molecule has 0 aliphatic heterocycles. The maximum absolute atomic E-state index is 3.88. The summed E-state index contributed by atoms with van der Waals surface area (Å²) >= 11 is 7.76. The van der Waals surface area contributed by atoms with Crippen molar-refractivity contribution in [3.8, 4) is 0 Å². The fourth-order valence-electron chi connectivity index (χ4n) is 4.80. The predicted molar refractivity (Wildman–Crippen MR) is 122 cm³/mol. The Balaban J connectivity index is 2.32. The van der Waals surface area contributed by atoms with Crippen molar-refractivity contribution in [3.05, 3.63) is 67.6 Å². The molecule has 26 heavy (non-hydrogen) atoms. The normalized spacial score (nSPS) is 12.2. The summed E-state index contributed by atoms with van der Waals surface area (Å²) in [7, 11) is 0. The highest BCUT2D eigenvalue weighted by molar-refractivity contribution is 9.11. The Kier molecular flexibility index (Phi) is 3.45. The molecule has 0 bridgehead atoms. The first-order chi connectivity index (χ1) is 12.4. The van der Waals surface area contributed by atoms with Crippen LogP contribution in [-0.4, -0.2) is 0 Å². The fourth-order valence-corrected chi connectivity index (χ4v) is 6.31. The molecule has 5 aromatic carbocycles. The van der Waals surface area contributed by atoms with Crippen molar-refractivity contribution >= 4 is 74.9 Å². The van der Waals surface area contributed by atoms with E-state index >= 15 is 0 Å². The molecule has 0 saturated carbocycles. The molecule has 0 fully saturated rings. The Bertz CT molecular complexity index is 1270. The van der Waals surface area contributed by atoms with Gasteiger partial charge < -0.3 is 0 Å². The van der Waals surface area contributed by atoms with E-state index in [2.05, 4.69) is 96.0 Å². The molecule has 0 N–H and O–H groups in total. The molecular formula is C24H18Br2. The summed E-state index contributed by atoms with van der Waals surface area (Å²) in [4.78, 5) is 0. The number of halogens is 2. The lowest BCUT2D eigenvalue weighted by Crippen LogP contribution is -1.94. The van der Waals surface area contributed by atoms with Gasteiger partial charge in [-0.05, 0) is 94.4 Å². The standard InChI is InChI=1S/C24H18Br2/c1-11-5-7-15-22-18(26)10-14(4)20-12(2)6-8-16(24(20)22)21-17(25)9-13(3)19(11)23(15)21/h5-10H,1-4H3. The minimum absolute atomic E-state index is 1.18. The van der Waals surface area contributed by atoms with Gasteiger partial charge in [-0.2, -0.15) is 0 Å². The molecular weight excluding hydrogens is 448 g/mol. The number of fused-ring (bicyclic) bond motifs is 2. The van der Waals surface area contributed by atoms with Crippen molar-refractivity contribution in [3.63, 3.8) is 0 Å². The van der Waals surface area contributed by atoms with E-state index in [1.165, 1.54) is 74.3 Å². The van der Waals surface area contributed by atoms with Gasteiger partial charge in [0.15, 0.2) is 0 Å². The van der Waals surface area contributed by atoms with Crippen LogP contribution in [0.3, 0.4) is 0 Å². The minimum atomic E-state index is 1.18. The van der Waals surface area contributed by atoms with E-state index in [0.29, 0.717) is 0 Å². The van der Waals surface area contributed by atoms with Crippen LogP contribution < -0.4 is 0 Å². The quantitative estimate of drug-likeness (QED) is 0.159. The first-order valence-electron chi connectivity index (χ1n) is 8.85. The average molecular weight is 466 g/mol. The van der Waals surface area contributed by atoms with E-state index in [4.69, 9.17) is 0 Å². The summed E-state index contributed by atoms with van der Waals surface area (Å²) in [5.41, 5.74) is 5.32. The average Bonchev–Trinajstić information content (AvgIpc) is 2.57. The van der Waals surface area contributed by atoms with Gasteiger partial charge >= 0.3 is 0 Å². The Labute approximate surface area is 169 Å². The minimum Gasteiger partial charge on any atom is -0.0581 e. The SMILES string of the molecule is Cc1ccc2c3c(Br)cc(C)c4c(C)ccc(c5c(Br)cc(C)c1c25)c43. The van der Waals surface area contributed by atoms with Crippen LogP contribution in [0.2, 0.25) is 0 Å². The maximum atomic E-state index is 3.88. The predicted octanol–water partition coefficient (Wildman–Crippen LogP) is 8.50. The highest BCUT2D eigenvalue weighted by atomic mass is 79.9. The van der Waals surface area contributed by atoms with Crippen LogP contribution in [0.1, 0.15) is 22.3 Å². The molecule has 0 aliphatic rings. The van der Waals surface area contributed by atoms with Crippen molar-refractivity contribution < 1.29 is 0 Å². The number of hydrogen-bond donors (Lipinski definition) is 0. The van der Waals surface area contributed by atoms with E-state index in [1.807, 2.05) is 0 Å². The second-order valence-electron chi connectivity index (χ2n) is 7.46. The number of benzene rings is 5. The Morgan fingerprint density at radius 3 is 1.23 bits per heavy atom. The van der Waals surface area contributed by atoms with Gasteiger partial charge in [-0.15, -0.1) is 0 Å². The monoisotopic (exact) mass is 464 g/mol. The third-order valence-electron chi connectivity index (χ3n) is 5.82. The molecule has 0 aromatic heterocycles. The Morgan fingerprint density at radius 1 is 0.462 bits per heavy atom. The summed E-state index contributed by atoms with van der Waals surface area (Å²) < 4.78 is 2.37. The Hall–Kier alpha value is -1.64. The zero-order chi connectivity index (χ0) is 18.3. The van der Waals surface area contributed by atoms with E-state index in [1.54, 1.807) is 0 Å². The molecule has 2 heteroatoms. The summed E-state index contributed by atoms with van der Waals surface area (Å²) in [6.07, 6.45) is 0. The van der Waals surface area contributed by atoms with Crippen LogP contribution in [-0.2, 0) is 0 Å². The molecule has 5 aromatic rings. The smallest absolute Gasteiger partial charge is 0.0263 e. The molecule has 0 nitrogen and oxygen atoms in total. The van der Waals surface area contributed by atoms with Crippen LogP contribution in [0.25, 0.3) is 43.1 Å². The molecule has 5 rings (SSSR count). The van der Waals surface area contributed by atoms with Crippen LogP contribution in [0.15, 0.2) is 45.3 Å². The number of hydrogen-bond acceptors (Lipinski definition) is 0. The second kappa shape index (κ2) is 5.43. The summed E-state index contributed by atoms with van der Waals surface area (Å²) in [6.45, 7) is 8.86. The van der Waals surface area contributed by atoms with Crippen molar-refractivity contribution in [1.82, 2.24) is 0 Å². The van der Waals surface area contributed by atoms with Gasteiger partial charge in [0.2, 0.25) is 0 Å². The van der Waals surface area contributed by atoms with E-state index in [9.17, 15) is 0 Å². The highest BCUT2D eigenvalue weighted by Gasteiger charge is 2.20. The molecule has 0 aliphatic carbocycles. The number of rotatable bonds is 0. The zero-order valence-electron chi connectivity index (χ0n) is 15.2. The lowest BCUT2D eigenvalue weighted by molar-refractivity contribution is 1.46. The zero-order valence-corrected chi connectivity index (χ0v) is 18.4. The van der Waals surface area contributed by atoms with Crippen molar-refractivity contribution in [2.45, 2.75) is 27.7 Å². The van der Waals surface area contributed by atoms with Gasteiger partial charge in [-0.1, -0.05) is 56.1 Å². The van der Waals surface area contributed by atoms with Crippen LogP contribution in [0.4, 0.5) is 0 Å². The van der Waals surface area contributed by atoms with E-state index in [0.717, 1.165) is 0 Å². The largest absolute Gasteiger partial charge is 0.0581 e. The van der Waals surface area contributed by atoms with Crippen LogP contribution >= 0.6 is 31.9 Å². The van der Waals surface area contributed by atoms with Gasteiger partial charge in [0, 0.05) is 19.7 Å². The van der Waals surface area contributed by atoms with Crippen LogP contribution in [0, 0.1) is 27.7 Å². The maximum Gasteiger partial charge on any atom is 0.0263 e. The van der Waals surface area contributed by atoms with Gasteiger partial charge in [-0.3, -0.25) is 0 Å².